The number of fused-ring (bicyclic) bond motifs is 15. The van der Waals surface area contributed by atoms with E-state index in [4.69, 9.17) is 17.7 Å². The van der Waals surface area contributed by atoms with Gasteiger partial charge < -0.3 is 27.5 Å². The van der Waals surface area contributed by atoms with Gasteiger partial charge in [-0.3, -0.25) is 0 Å². The molecule has 0 fully saturated rings. The van der Waals surface area contributed by atoms with Gasteiger partial charge in [-0.2, -0.15) is 0 Å². The lowest BCUT2D eigenvalue weighted by atomic mass is 10.0. The lowest BCUT2D eigenvalue weighted by Crippen LogP contribution is -2.10. The molecule has 354 valence electrons. The number of hydrogen-bond donors (Lipinski definition) is 0. The van der Waals surface area contributed by atoms with E-state index in [1.165, 1.54) is 11.1 Å². The molecule has 0 bridgehead atoms. The molecule has 6 nitrogen and oxygen atoms in total. The van der Waals surface area contributed by atoms with Crippen LogP contribution in [0.15, 0.2) is 224 Å². The maximum Gasteiger partial charge on any atom is 0.147 e. The second-order valence-electron chi connectivity index (χ2n) is 20.4. The fourth-order valence-corrected chi connectivity index (χ4v) is 11.6. The highest BCUT2D eigenvalue weighted by Crippen LogP contribution is 2.48. The molecule has 0 radical (unpaired) electrons. The van der Waals surface area contributed by atoms with Gasteiger partial charge in [-0.05, 0) is 166 Å². The number of hydrogen-bond acceptors (Lipinski definition) is 6. The minimum atomic E-state index is 0.423. The van der Waals surface area contributed by atoms with Gasteiger partial charge >= 0.3 is 0 Å². The van der Waals surface area contributed by atoms with Crippen LogP contribution in [0.2, 0.25) is 0 Å². The van der Waals surface area contributed by atoms with Gasteiger partial charge in [0.15, 0.2) is 0 Å². The molecule has 0 aliphatic rings. The smallest absolute Gasteiger partial charge is 0.147 e. The summed E-state index contributed by atoms with van der Waals surface area (Å²) in [6.45, 7) is 8.94. The van der Waals surface area contributed by atoms with Crippen molar-refractivity contribution in [2.45, 2.75) is 39.5 Å². The van der Waals surface area contributed by atoms with Crippen molar-refractivity contribution >= 4 is 143 Å². The van der Waals surface area contributed by atoms with Gasteiger partial charge in [0.1, 0.15) is 44.7 Å². The highest BCUT2D eigenvalue weighted by atomic mass is 16.3. The van der Waals surface area contributed by atoms with Crippen LogP contribution in [0, 0.1) is 0 Å². The number of para-hydroxylation sites is 2. The van der Waals surface area contributed by atoms with Crippen molar-refractivity contribution in [3.05, 3.63) is 217 Å². The molecule has 15 aromatic rings. The Hall–Kier alpha value is -9.26. The summed E-state index contributed by atoms with van der Waals surface area (Å²) >= 11 is 0. The van der Waals surface area contributed by atoms with E-state index in [1.54, 1.807) is 0 Å². The molecule has 0 N–H and O–H groups in total. The summed E-state index contributed by atoms with van der Waals surface area (Å²) in [6.07, 6.45) is 0. The largest absolute Gasteiger partial charge is 0.456 e. The Morgan fingerprint density at radius 3 is 1.26 bits per heavy atom. The van der Waals surface area contributed by atoms with E-state index in [0.717, 1.165) is 143 Å². The third-order valence-electron chi connectivity index (χ3n) is 15.4. The van der Waals surface area contributed by atoms with Crippen LogP contribution in [0.1, 0.15) is 50.7 Å². The average molecular weight is 957 g/mol. The first-order chi connectivity index (χ1) is 36.3. The minimum absolute atomic E-state index is 0.423. The Labute approximate surface area is 425 Å². The van der Waals surface area contributed by atoms with Crippen LogP contribution in [0.4, 0.5) is 34.1 Å². The molecule has 0 amide bonds. The van der Waals surface area contributed by atoms with Crippen LogP contribution >= 0.6 is 0 Å². The van der Waals surface area contributed by atoms with Gasteiger partial charge in [-0.25, -0.2) is 0 Å². The fraction of sp³-hybridized carbons (Fsp3) is 0.0882. The van der Waals surface area contributed by atoms with E-state index >= 15 is 0 Å². The third kappa shape index (κ3) is 6.51. The molecule has 0 unspecified atom stereocenters. The second kappa shape index (κ2) is 16.1. The monoisotopic (exact) mass is 956 g/mol. The molecule has 4 heterocycles. The quantitative estimate of drug-likeness (QED) is 0.151. The van der Waals surface area contributed by atoms with Crippen LogP contribution < -0.4 is 9.80 Å². The molecular formula is C68H48N2O4. The highest BCUT2D eigenvalue weighted by molar-refractivity contribution is 6.24. The molecule has 0 saturated carbocycles. The molecular weight excluding hydrogens is 909 g/mol. The van der Waals surface area contributed by atoms with Crippen LogP contribution in [-0.4, -0.2) is 0 Å². The zero-order valence-electron chi connectivity index (χ0n) is 41.3. The second-order valence-corrected chi connectivity index (χ2v) is 20.4. The van der Waals surface area contributed by atoms with Gasteiger partial charge in [0.05, 0.1) is 27.5 Å². The van der Waals surface area contributed by atoms with E-state index in [1.807, 2.05) is 24.3 Å². The van der Waals surface area contributed by atoms with Crippen molar-refractivity contribution in [1.82, 2.24) is 0 Å². The number of rotatable bonds is 8. The van der Waals surface area contributed by atoms with Gasteiger partial charge in [0.2, 0.25) is 0 Å². The highest BCUT2D eigenvalue weighted by Gasteiger charge is 2.24. The molecule has 15 rings (SSSR count). The molecule has 0 aliphatic heterocycles. The number of furan rings is 4. The lowest BCUT2D eigenvalue weighted by Gasteiger charge is -2.27. The van der Waals surface area contributed by atoms with E-state index < -0.39 is 0 Å². The Morgan fingerprint density at radius 1 is 0.284 bits per heavy atom. The summed E-state index contributed by atoms with van der Waals surface area (Å²) in [5.41, 5.74) is 15.6. The lowest BCUT2D eigenvalue weighted by molar-refractivity contribution is 0.663. The van der Waals surface area contributed by atoms with Gasteiger partial charge in [-0.15, -0.1) is 0 Å². The molecule has 0 spiro atoms. The van der Waals surface area contributed by atoms with Crippen molar-refractivity contribution < 1.29 is 17.7 Å². The SMILES string of the molecule is CC(C)c1ccc(N(c2ccc3cc4c(cc3c2)oc2c4ccc3oc4cc5cc(N(c6ccc(C(C)C)cc6)c6cccc7oc8ccccc8c67)ccc5cc4c32)c2cccc3oc4ccccc4c23)cc1. The standard InChI is InChI=1S/C68H48N2O4/c1-39(2)41-19-25-47(26-20-41)69(56-13-9-17-60-65(56)52-11-5-7-15-58(52)71-60)49-29-23-43-35-54-51-31-32-62-67(68(51)74-63(54)37-45(43)33-49)55-36-44-24-30-50(34-46(44)38-64(55)73-62)70(48-27-21-42(22-28-48)40(3)4)57-14-10-18-61-66(57)53-12-6-8-16-59(53)72-61/h5-40H,1-4H3. The topological polar surface area (TPSA) is 59.0 Å². The average Bonchev–Trinajstić information content (AvgIpc) is 4.20. The predicted octanol–water partition coefficient (Wildman–Crippen LogP) is 20.8. The molecule has 4 aromatic heterocycles. The Bertz CT molecular complexity index is 4740. The van der Waals surface area contributed by atoms with Crippen LogP contribution in [-0.2, 0) is 0 Å². The van der Waals surface area contributed by atoms with Crippen molar-refractivity contribution in [3.8, 4) is 0 Å². The van der Waals surface area contributed by atoms with Crippen molar-refractivity contribution in [1.29, 1.82) is 0 Å². The van der Waals surface area contributed by atoms with Gasteiger partial charge in [-0.1, -0.05) is 113 Å². The number of nitrogens with zero attached hydrogens (tertiary/aromatic N) is 2. The summed E-state index contributed by atoms with van der Waals surface area (Å²) in [7, 11) is 0. The Balaban J connectivity index is 0.862. The van der Waals surface area contributed by atoms with Crippen LogP contribution in [0.25, 0.3) is 109 Å². The fourth-order valence-electron chi connectivity index (χ4n) is 11.6. The van der Waals surface area contributed by atoms with E-state index in [2.05, 4.69) is 219 Å². The van der Waals surface area contributed by atoms with E-state index in [0.29, 0.717) is 11.8 Å². The maximum atomic E-state index is 6.98. The molecule has 74 heavy (non-hydrogen) atoms. The summed E-state index contributed by atoms with van der Waals surface area (Å²) in [4.78, 5) is 4.71. The number of benzene rings is 11. The summed E-state index contributed by atoms with van der Waals surface area (Å²) < 4.78 is 26.5. The normalized spacial score (nSPS) is 12.3. The molecule has 11 aromatic carbocycles. The molecule has 0 atom stereocenters. The predicted molar refractivity (Wildman–Crippen MR) is 308 cm³/mol. The zero-order chi connectivity index (χ0) is 49.3. The number of anilines is 6. The van der Waals surface area contributed by atoms with Crippen LogP contribution in [0.5, 0.6) is 0 Å². The molecule has 6 heteroatoms. The summed E-state index contributed by atoms with van der Waals surface area (Å²) in [5.74, 6) is 0.846. The summed E-state index contributed by atoms with van der Waals surface area (Å²) in [6, 6.07) is 73.8. The Kier molecular flexibility index (Phi) is 9.24. The molecule has 0 saturated heterocycles. The van der Waals surface area contributed by atoms with Crippen LogP contribution in [0.3, 0.4) is 0 Å². The van der Waals surface area contributed by atoms with Crippen molar-refractivity contribution in [2.24, 2.45) is 0 Å². The van der Waals surface area contributed by atoms with E-state index in [-0.39, 0.29) is 0 Å². The van der Waals surface area contributed by atoms with Crippen molar-refractivity contribution in [2.75, 3.05) is 9.80 Å². The maximum absolute atomic E-state index is 6.98. The van der Waals surface area contributed by atoms with Gasteiger partial charge in [0.25, 0.3) is 0 Å². The van der Waals surface area contributed by atoms with Gasteiger partial charge in [0, 0.05) is 49.7 Å². The van der Waals surface area contributed by atoms with E-state index in [9.17, 15) is 0 Å². The first-order valence-corrected chi connectivity index (χ1v) is 25.6. The first kappa shape index (κ1) is 42.4. The summed E-state index contributed by atoms with van der Waals surface area (Å²) in [5, 5.41) is 12.9. The zero-order valence-corrected chi connectivity index (χ0v) is 41.3. The molecule has 0 aliphatic carbocycles. The van der Waals surface area contributed by atoms with Crippen molar-refractivity contribution in [3.63, 3.8) is 0 Å². The minimum Gasteiger partial charge on any atom is -0.456 e. The Morgan fingerprint density at radius 2 is 0.730 bits per heavy atom. The third-order valence-corrected chi connectivity index (χ3v) is 15.4. The first-order valence-electron chi connectivity index (χ1n) is 25.6.